The van der Waals surface area contributed by atoms with E-state index in [1.165, 1.54) is 0 Å². The van der Waals surface area contributed by atoms with Crippen LogP contribution < -0.4 is 10.2 Å². The maximum atomic E-state index is 11.7. The van der Waals surface area contributed by atoms with Crippen LogP contribution in [0.25, 0.3) is 0 Å². The summed E-state index contributed by atoms with van der Waals surface area (Å²) in [5, 5.41) is 3.15. The van der Waals surface area contributed by atoms with Crippen LogP contribution in [0.5, 0.6) is 0 Å². The van der Waals surface area contributed by atoms with Crippen molar-refractivity contribution in [1.82, 2.24) is 15.3 Å². The number of carbonyl (C=O) groups is 1. The Morgan fingerprint density at radius 2 is 2.25 bits per heavy atom. The van der Waals surface area contributed by atoms with Gasteiger partial charge in [-0.2, -0.15) is 0 Å². The minimum absolute atomic E-state index is 0.0867. The molecule has 112 valence electrons. The summed E-state index contributed by atoms with van der Waals surface area (Å²) in [7, 11) is 3.39. The summed E-state index contributed by atoms with van der Waals surface area (Å²) in [6.45, 7) is 3.25. The molecule has 0 radical (unpaired) electrons. The molecule has 6 nitrogen and oxygen atoms in total. The molecule has 0 bridgehead atoms. The zero-order valence-corrected chi connectivity index (χ0v) is 12.9. The summed E-state index contributed by atoms with van der Waals surface area (Å²) in [5.41, 5.74) is 0. The number of ether oxygens (including phenoxy) is 1. The van der Waals surface area contributed by atoms with Crippen LogP contribution in [-0.4, -0.2) is 49.7 Å². The van der Waals surface area contributed by atoms with Crippen LogP contribution in [0.15, 0.2) is 6.07 Å². The normalized spacial score (nSPS) is 10.4. The fourth-order valence-corrected chi connectivity index (χ4v) is 1.82. The number of aromatic nitrogens is 2. The predicted molar refractivity (Wildman–Crippen MR) is 79.2 cm³/mol. The van der Waals surface area contributed by atoms with E-state index in [2.05, 4.69) is 22.2 Å². The molecule has 0 aliphatic heterocycles. The number of nitrogens with one attached hydrogen (secondary N) is 1. The molecule has 7 heteroatoms. The molecule has 1 aromatic rings. The summed E-state index contributed by atoms with van der Waals surface area (Å²) in [4.78, 5) is 22.0. The molecule has 1 rings (SSSR count). The van der Waals surface area contributed by atoms with Gasteiger partial charge >= 0.3 is 0 Å². The number of aryl methyl sites for hydroxylation is 1. The van der Waals surface area contributed by atoms with Crippen LogP contribution in [0, 0.1) is 0 Å². The van der Waals surface area contributed by atoms with Gasteiger partial charge in [0, 0.05) is 33.2 Å². The lowest BCUT2D eigenvalue weighted by Gasteiger charge is -2.18. The Morgan fingerprint density at radius 3 is 2.90 bits per heavy atom. The standard InChI is InChI=1S/C13H21ClN4O2/c1-4-5-11-16-10(14)8-12(17-11)18(2)9-13(19)15-6-7-20-3/h8H,4-7,9H2,1-3H3,(H,15,19). The Bertz CT molecular complexity index is 442. The second kappa shape index (κ2) is 8.71. The molecule has 0 aliphatic carbocycles. The van der Waals surface area contributed by atoms with Crippen LogP contribution in [-0.2, 0) is 16.0 Å². The first-order valence-corrected chi connectivity index (χ1v) is 6.94. The topological polar surface area (TPSA) is 67.4 Å². The van der Waals surface area contributed by atoms with Crippen molar-refractivity contribution in [2.45, 2.75) is 19.8 Å². The van der Waals surface area contributed by atoms with Gasteiger partial charge in [-0.25, -0.2) is 9.97 Å². The molecule has 0 unspecified atom stereocenters. The smallest absolute Gasteiger partial charge is 0.239 e. The Morgan fingerprint density at radius 1 is 1.50 bits per heavy atom. The lowest BCUT2D eigenvalue weighted by atomic mass is 10.3. The molecule has 0 aliphatic rings. The first-order valence-electron chi connectivity index (χ1n) is 6.57. The van der Waals surface area contributed by atoms with E-state index < -0.39 is 0 Å². The maximum absolute atomic E-state index is 11.7. The number of amides is 1. The third kappa shape index (κ3) is 5.71. The van der Waals surface area contributed by atoms with Crippen LogP contribution in [0.3, 0.4) is 0 Å². The van der Waals surface area contributed by atoms with E-state index in [1.54, 1.807) is 25.1 Å². The van der Waals surface area contributed by atoms with Crippen molar-refractivity contribution in [3.05, 3.63) is 17.0 Å². The lowest BCUT2D eigenvalue weighted by molar-refractivity contribution is -0.119. The summed E-state index contributed by atoms with van der Waals surface area (Å²) in [6.07, 6.45) is 1.71. The van der Waals surface area contributed by atoms with Crippen molar-refractivity contribution < 1.29 is 9.53 Å². The fourth-order valence-electron chi connectivity index (χ4n) is 1.63. The number of carbonyl (C=O) groups excluding carboxylic acids is 1. The summed E-state index contributed by atoms with van der Waals surface area (Å²) in [5.74, 6) is 1.26. The zero-order valence-electron chi connectivity index (χ0n) is 12.1. The minimum Gasteiger partial charge on any atom is -0.383 e. The average Bonchev–Trinajstić information content (AvgIpc) is 2.38. The van der Waals surface area contributed by atoms with Gasteiger partial charge < -0.3 is 15.0 Å². The molecule has 1 N–H and O–H groups in total. The largest absolute Gasteiger partial charge is 0.383 e. The van der Waals surface area contributed by atoms with Crippen LogP contribution in [0.4, 0.5) is 5.82 Å². The third-order valence-corrected chi connectivity index (χ3v) is 2.80. The van der Waals surface area contributed by atoms with Crippen molar-refractivity contribution in [2.75, 3.05) is 38.8 Å². The molecular formula is C13H21ClN4O2. The van der Waals surface area contributed by atoms with E-state index >= 15 is 0 Å². The second-order valence-electron chi connectivity index (χ2n) is 4.41. The molecule has 1 heterocycles. The summed E-state index contributed by atoms with van der Waals surface area (Å²) >= 11 is 5.97. The van der Waals surface area contributed by atoms with E-state index in [4.69, 9.17) is 16.3 Å². The summed E-state index contributed by atoms with van der Waals surface area (Å²) in [6, 6.07) is 1.66. The third-order valence-electron chi connectivity index (χ3n) is 2.60. The predicted octanol–water partition coefficient (Wildman–Crippen LogP) is 1.28. The number of hydrogen-bond acceptors (Lipinski definition) is 5. The molecule has 0 saturated carbocycles. The second-order valence-corrected chi connectivity index (χ2v) is 4.80. The van der Waals surface area contributed by atoms with Gasteiger partial charge in [-0.05, 0) is 6.42 Å². The van der Waals surface area contributed by atoms with E-state index in [1.807, 2.05) is 0 Å². The van der Waals surface area contributed by atoms with Gasteiger partial charge in [0.1, 0.15) is 16.8 Å². The van der Waals surface area contributed by atoms with Crippen LogP contribution in [0.2, 0.25) is 5.15 Å². The number of nitrogens with zero attached hydrogens (tertiary/aromatic N) is 3. The number of rotatable bonds is 8. The Labute approximate surface area is 124 Å². The van der Waals surface area contributed by atoms with E-state index in [-0.39, 0.29) is 12.5 Å². The monoisotopic (exact) mass is 300 g/mol. The fraction of sp³-hybridized carbons (Fsp3) is 0.615. The van der Waals surface area contributed by atoms with Crippen molar-refractivity contribution in [1.29, 1.82) is 0 Å². The van der Waals surface area contributed by atoms with Gasteiger partial charge in [0.2, 0.25) is 5.91 Å². The van der Waals surface area contributed by atoms with Gasteiger partial charge in [-0.15, -0.1) is 0 Å². The highest BCUT2D eigenvalue weighted by atomic mass is 35.5. The number of likely N-dealkylation sites (N-methyl/N-ethyl adjacent to an activating group) is 1. The van der Waals surface area contributed by atoms with Gasteiger partial charge in [-0.1, -0.05) is 18.5 Å². The molecule has 0 saturated heterocycles. The number of hydrogen-bond donors (Lipinski definition) is 1. The van der Waals surface area contributed by atoms with Crippen molar-refractivity contribution in [3.63, 3.8) is 0 Å². The van der Waals surface area contributed by atoms with E-state index in [9.17, 15) is 4.79 Å². The molecule has 1 aromatic heterocycles. The van der Waals surface area contributed by atoms with Crippen molar-refractivity contribution >= 4 is 23.3 Å². The molecule has 0 atom stereocenters. The van der Waals surface area contributed by atoms with E-state index in [0.29, 0.717) is 29.9 Å². The highest BCUT2D eigenvalue weighted by Gasteiger charge is 2.10. The van der Waals surface area contributed by atoms with Crippen LogP contribution >= 0.6 is 11.6 Å². The Hall–Kier alpha value is -1.40. The van der Waals surface area contributed by atoms with Gasteiger partial charge in [0.25, 0.3) is 0 Å². The quantitative estimate of drug-likeness (QED) is 0.579. The molecule has 0 aromatic carbocycles. The molecule has 0 spiro atoms. The van der Waals surface area contributed by atoms with Crippen molar-refractivity contribution in [2.24, 2.45) is 0 Å². The summed E-state index contributed by atoms with van der Waals surface area (Å²) < 4.78 is 4.87. The SMILES string of the molecule is CCCc1nc(Cl)cc(N(C)CC(=O)NCCOC)n1. The highest BCUT2D eigenvalue weighted by Crippen LogP contribution is 2.15. The first-order chi connectivity index (χ1) is 9.56. The Balaban J connectivity index is 2.62. The molecule has 20 heavy (non-hydrogen) atoms. The van der Waals surface area contributed by atoms with Gasteiger partial charge in [0.15, 0.2) is 0 Å². The average molecular weight is 301 g/mol. The number of methoxy groups -OCH3 is 1. The first kappa shape index (κ1) is 16.7. The molecule has 1 amide bonds. The molecular weight excluding hydrogens is 280 g/mol. The Kier molecular flexibility index (Phi) is 7.25. The number of halogens is 1. The zero-order chi connectivity index (χ0) is 15.0. The molecule has 0 fully saturated rings. The highest BCUT2D eigenvalue weighted by molar-refractivity contribution is 6.29. The van der Waals surface area contributed by atoms with Crippen LogP contribution in [0.1, 0.15) is 19.2 Å². The lowest BCUT2D eigenvalue weighted by Crippen LogP contribution is -2.37. The van der Waals surface area contributed by atoms with Gasteiger partial charge in [-0.3, -0.25) is 4.79 Å². The minimum atomic E-state index is -0.0867. The van der Waals surface area contributed by atoms with Gasteiger partial charge in [0.05, 0.1) is 13.2 Å². The number of anilines is 1. The van der Waals surface area contributed by atoms with Crippen molar-refractivity contribution in [3.8, 4) is 0 Å². The maximum Gasteiger partial charge on any atom is 0.239 e. The van der Waals surface area contributed by atoms with E-state index in [0.717, 1.165) is 12.8 Å².